The number of aromatic nitrogens is 3. The molecule has 0 radical (unpaired) electrons. The van der Waals surface area contributed by atoms with Crippen LogP contribution in [0, 0.1) is 0 Å². The fraction of sp³-hybridized carbons (Fsp3) is 0.300. The van der Waals surface area contributed by atoms with Gasteiger partial charge in [-0.25, -0.2) is 4.98 Å². The van der Waals surface area contributed by atoms with Crippen molar-refractivity contribution in [1.29, 1.82) is 0 Å². The third-order valence-electron chi connectivity index (χ3n) is 2.02. The number of rotatable bonds is 3. The maximum Gasteiger partial charge on any atom is 0.443 e. The summed E-state index contributed by atoms with van der Waals surface area (Å²) in [6.07, 6.45) is -3.26. The smallest absolute Gasteiger partial charge is 0.369 e. The van der Waals surface area contributed by atoms with Gasteiger partial charge in [-0.3, -0.25) is 0 Å². The van der Waals surface area contributed by atoms with Crippen LogP contribution in [0.2, 0.25) is 0 Å². The topological polar surface area (TPSA) is 50.7 Å². The van der Waals surface area contributed by atoms with E-state index < -0.39 is 11.2 Å². The second-order valence-corrected chi connectivity index (χ2v) is 4.39. The lowest BCUT2D eigenvalue weighted by atomic mass is 10.3. The lowest BCUT2D eigenvalue weighted by Gasteiger charge is -2.01. The van der Waals surface area contributed by atoms with Crippen molar-refractivity contribution in [2.45, 2.75) is 13.1 Å². The molecule has 0 saturated carbocycles. The molecule has 96 valence electrons. The summed E-state index contributed by atoms with van der Waals surface area (Å²) >= 11 is 0.553. The maximum absolute atomic E-state index is 12.4. The van der Waals surface area contributed by atoms with Crippen LogP contribution in [0.4, 0.5) is 19.0 Å². The van der Waals surface area contributed by atoms with Gasteiger partial charge in [-0.15, -0.1) is 21.5 Å². The van der Waals surface area contributed by atoms with Crippen molar-refractivity contribution in [2.75, 3.05) is 11.9 Å². The van der Waals surface area contributed by atoms with Gasteiger partial charge in [0, 0.05) is 12.7 Å². The molecule has 0 saturated heterocycles. The molecule has 0 unspecified atom stereocenters. The van der Waals surface area contributed by atoms with Crippen molar-refractivity contribution in [3.63, 3.8) is 0 Å². The monoisotopic (exact) mass is 274 g/mol. The predicted octanol–water partition coefficient (Wildman–Crippen LogP) is 3.05. The van der Waals surface area contributed by atoms with Gasteiger partial charge in [-0.1, -0.05) is 0 Å². The highest BCUT2D eigenvalue weighted by Crippen LogP contribution is 2.35. The third kappa shape index (κ3) is 2.76. The number of anilines is 1. The molecule has 18 heavy (non-hydrogen) atoms. The number of thiazole rings is 1. The Morgan fingerprint density at radius 2 is 2.06 bits per heavy atom. The van der Waals surface area contributed by atoms with Gasteiger partial charge >= 0.3 is 6.18 Å². The lowest BCUT2D eigenvalue weighted by Crippen LogP contribution is -2.02. The second-order valence-electron chi connectivity index (χ2n) is 3.36. The molecule has 0 amide bonds. The van der Waals surface area contributed by atoms with Crippen LogP contribution in [0.3, 0.4) is 0 Å². The average Bonchev–Trinajstić information content (AvgIpc) is 2.79. The van der Waals surface area contributed by atoms with E-state index in [1.807, 2.05) is 6.92 Å². The number of nitrogens with zero attached hydrogens (tertiary/aromatic N) is 3. The molecule has 0 aliphatic carbocycles. The number of halogens is 3. The van der Waals surface area contributed by atoms with Crippen LogP contribution in [0.15, 0.2) is 18.3 Å². The van der Waals surface area contributed by atoms with E-state index >= 15 is 0 Å². The SMILES string of the molecule is CCNc1ccc(-c2cnc(C(F)(F)F)s2)nn1. The summed E-state index contributed by atoms with van der Waals surface area (Å²) in [5.41, 5.74) is 0.379. The quantitative estimate of drug-likeness (QED) is 0.934. The molecule has 0 aliphatic heterocycles. The van der Waals surface area contributed by atoms with Crippen molar-refractivity contribution in [2.24, 2.45) is 0 Å². The van der Waals surface area contributed by atoms with Gasteiger partial charge in [0.1, 0.15) is 11.5 Å². The van der Waals surface area contributed by atoms with Crippen molar-refractivity contribution in [3.8, 4) is 10.6 Å². The van der Waals surface area contributed by atoms with Gasteiger partial charge in [-0.05, 0) is 19.1 Å². The Labute approximate surface area is 105 Å². The zero-order chi connectivity index (χ0) is 13.2. The van der Waals surface area contributed by atoms with Gasteiger partial charge < -0.3 is 5.32 Å². The minimum Gasteiger partial charge on any atom is -0.369 e. The predicted molar refractivity (Wildman–Crippen MR) is 62.3 cm³/mol. The number of alkyl halides is 3. The Kier molecular flexibility index (Phi) is 3.46. The van der Waals surface area contributed by atoms with Crippen LogP contribution in [-0.4, -0.2) is 21.7 Å². The largest absolute Gasteiger partial charge is 0.443 e. The first-order chi connectivity index (χ1) is 8.50. The fourth-order valence-electron chi connectivity index (χ4n) is 1.26. The highest BCUT2D eigenvalue weighted by molar-refractivity contribution is 7.15. The van der Waals surface area contributed by atoms with E-state index in [9.17, 15) is 13.2 Å². The van der Waals surface area contributed by atoms with Crippen LogP contribution >= 0.6 is 11.3 Å². The summed E-state index contributed by atoms with van der Waals surface area (Å²) in [6.45, 7) is 2.61. The molecule has 0 fully saturated rings. The van der Waals surface area contributed by atoms with Crippen LogP contribution in [0.5, 0.6) is 0 Å². The molecule has 0 aliphatic rings. The lowest BCUT2D eigenvalue weighted by molar-refractivity contribution is -0.137. The minimum absolute atomic E-state index is 0.345. The van der Waals surface area contributed by atoms with Gasteiger partial charge in [0.15, 0.2) is 5.01 Å². The van der Waals surface area contributed by atoms with Crippen LogP contribution in [-0.2, 0) is 6.18 Å². The summed E-state index contributed by atoms with van der Waals surface area (Å²) in [5.74, 6) is 0.585. The molecule has 1 N–H and O–H groups in total. The Morgan fingerprint density at radius 3 is 2.56 bits per heavy atom. The third-order valence-corrected chi connectivity index (χ3v) is 3.09. The van der Waals surface area contributed by atoms with Gasteiger partial charge in [0.2, 0.25) is 0 Å². The van der Waals surface area contributed by atoms with E-state index in [2.05, 4.69) is 20.5 Å². The Balaban J connectivity index is 2.23. The summed E-state index contributed by atoms with van der Waals surface area (Å²) in [6, 6.07) is 3.28. The van der Waals surface area contributed by atoms with Crippen molar-refractivity contribution >= 4 is 17.2 Å². The summed E-state index contributed by atoms with van der Waals surface area (Å²) in [5, 5.41) is 9.78. The van der Waals surface area contributed by atoms with Gasteiger partial charge in [-0.2, -0.15) is 13.2 Å². The molecule has 8 heteroatoms. The molecular formula is C10H9F3N4S. The molecule has 2 heterocycles. The summed E-state index contributed by atoms with van der Waals surface area (Å²) < 4.78 is 37.1. The van der Waals surface area contributed by atoms with E-state index in [0.29, 0.717) is 34.3 Å². The van der Waals surface area contributed by atoms with Crippen molar-refractivity contribution in [3.05, 3.63) is 23.3 Å². The van der Waals surface area contributed by atoms with E-state index in [-0.39, 0.29) is 0 Å². The zero-order valence-corrected chi connectivity index (χ0v) is 10.1. The summed E-state index contributed by atoms with van der Waals surface area (Å²) in [7, 11) is 0. The van der Waals surface area contributed by atoms with Crippen LogP contribution < -0.4 is 5.32 Å². The Bertz CT molecular complexity index is 521. The molecule has 2 aromatic heterocycles. The van der Waals surface area contributed by atoms with Crippen LogP contribution in [0.1, 0.15) is 11.9 Å². The Morgan fingerprint density at radius 1 is 1.28 bits per heavy atom. The number of hydrogen-bond acceptors (Lipinski definition) is 5. The number of hydrogen-bond donors (Lipinski definition) is 1. The zero-order valence-electron chi connectivity index (χ0n) is 9.32. The molecule has 0 spiro atoms. The maximum atomic E-state index is 12.4. The molecular weight excluding hydrogens is 265 g/mol. The molecule has 2 aromatic rings. The first kappa shape index (κ1) is 12.7. The molecule has 4 nitrogen and oxygen atoms in total. The first-order valence-electron chi connectivity index (χ1n) is 5.11. The van der Waals surface area contributed by atoms with Gasteiger partial charge in [0.25, 0.3) is 0 Å². The van der Waals surface area contributed by atoms with E-state index in [4.69, 9.17) is 0 Å². The molecule has 0 aromatic carbocycles. The van der Waals surface area contributed by atoms with E-state index in [1.165, 1.54) is 0 Å². The average molecular weight is 274 g/mol. The summed E-state index contributed by atoms with van der Waals surface area (Å²) in [4.78, 5) is 3.68. The first-order valence-corrected chi connectivity index (χ1v) is 5.93. The van der Waals surface area contributed by atoms with E-state index in [1.54, 1.807) is 12.1 Å². The molecule has 2 rings (SSSR count). The fourth-order valence-corrected chi connectivity index (χ4v) is 2.01. The highest BCUT2D eigenvalue weighted by atomic mass is 32.1. The van der Waals surface area contributed by atoms with Crippen molar-refractivity contribution < 1.29 is 13.2 Å². The van der Waals surface area contributed by atoms with Gasteiger partial charge in [0.05, 0.1) is 4.88 Å². The van der Waals surface area contributed by atoms with E-state index in [0.717, 1.165) is 6.20 Å². The minimum atomic E-state index is -4.42. The second kappa shape index (κ2) is 4.89. The number of nitrogens with one attached hydrogen (secondary N) is 1. The van der Waals surface area contributed by atoms with Crippen molar-refractivity contribution in [1.82, 2.24) is 15.2 Å². The standard InChI is InChI=1S/C10H9F3N4S/c1-2-14-8-4-3-6(16-17-8)7-5-15-9(18-7)10(11,12)13/h3-5H,2H2,1H3,(H,14,17). The molecule has 0 atom stereocenters. The molecule has 0 bridgehead atoms. The Hall–Kier alpha value is -1.70. The normalized spacial score (nSPS) is 11.6. The highest BCUT2D eigenvalue weighted by Gasteiger charge is 2.34. The van der Waals surface area contributed by atoms with Crippen LogP contribution in [0.25, 0.3) is 10.6 Å².